The Bertz CT molecular complexity index is 748. The van der Waals surface area contributed by atoms with Crippen molar-refractivity contribution in [3.63, 3.8) is 0 Å². The Morgan fingerprint density at radius 3 is 2.84 bits per heavy atom. The van der Waals surface area contributed by atoms with E-state index in [1.54, 1.807) is 11.6 Å². The highest BCUT2D eigenvalue weighted by atomic mass is 16.5. The first-order valence-corrected chi connectivity index (χ1v) is 5.95. The van der Waals surface area contributed by atoms with Gasteiger partial charge in [0.25, 0.3) is 0 Å². The predicted octanol–water partition coefficient (Wildman–Crippen LogP) is 2.30. The second-order valence-corrected chi connectivity index (χ2v) is 4.30. The van der Waals surface area contributed by atoms with Crippen LogP contribution in [0.15, 0.2) is 36.4 Å². The molecule has 0 radical (unpaired) electrons. The number of rotatable bonds is 2. The zero-order chi connectivity index (χ0) is 13.4. The van der Waals surface area contributed by atoms with E-state index >= 15 is 0 Å². The van der Waals surface area contributed by atoms with Gasteiger partial charge in [0.1, 0.15) is 5.75 Å². The number of benzene rings is 1. The molecule has 19 heavy (non-hydrogen) atoms. The zero-order valence-corrected chi connectivity index (χ0v) is 10.8. The summed E-state index contributed by atoms with van der Waals surface area (Å²) < 4.78 is 7.01. The summed E-state index contributed by atoms with van der Waals surface area (Å²) in [5.41, 5.74) is 9.53. The normalized spacial score (nSPS) is 10.8. The molecule has 1 aromatic carbocycles. The highest BCUT2D eigenvalue weighted by Crippen LogP contribution is 2.27. The number of hydrogen-bond donors (Lipinski definition) is 1. The average molecular weight is 254 g/mol. The van der Waals surface area contributed by atoms with Crippen LogP contribution in [0.2, 0.25) is 0 Å². The van der Waals surface area contributed by atoms with E-state index in [-0.39, 0.29) is 5.95 Å². The lowest BCUT2D eigenvalue weighted by molar-refractivity contribution is 0.415. The van der Waals surface area contributed by atoms with Crippen LogP contribution < -0.4 is 10.5 Å². The molecule has 0 aliphatic rings. The van der Waals surface area contributed by atoms with Crippen molar-refractivity contribution in [1.29, 1.82) is 0 Å². The van der Waals surface area contributed by atoms with Gasteiger partial charge in [0.2, 0.25) is 5.95 Å². The van der Waals surface area contributed by atoms with E-state index in [4.69, 9.17) is 10.5 Å². The topological polar surface area (TPSA) is 65.4 Å². The van der Waals surface area contributed by atoms with Gasteiger partial charge in [-0.25, -0.2) is 4.52 Å². The van der Waals surface area contributed by atoms with Gasteiger partial charge in [-0.1, -0.05) is 12.1 Å². The van der Waals surface area contributed by atoms with Crippen molar-refractivity contribution in [2.24, 2.45) is 0 Å². The van der Waals surface area contributed by atoms with E-state index in [1.807, 2.05) is 43.3 Å². The maximum absolute atomic E-state index is 5.63. The fourth-order valence-corrected chi connectivity index (χ4v) is 2.18. The van der Waals surface area contributed by atoms with Gasteiger partial charge in [-0.15, -0.1) is 5.10 Å². The Labute approximate surface area is 110 Å². The molecular formula is C14H14N4O. The first-order chi connectivity index (χ1) is 9.19. The highest BCUT2D eigenvalue weighted by molar-refractivity contribution is 5.69. The fourth-order valence-electron chi connectivity index (χ4n) is 2.18. The molecule has 5 nitrogen and oxygen atoms in total. The molecule has 2 aromatic heterocycles. The Morgan fingerprint density at radius 2 is 2.05 bits per heavy atom. The molecule has 3 rings (SSSR count). The van der Waals surface area contributed by atoms with Gasteiger partial charge in [-0.3, -0.25) is 0 Å². The molecule has 0 aliphatic carbocycles. The molecule has 0 spiro atoms. The zero-order valence-electron chi connectivity index (χ0n) is 10.8. The number of aryl methyl sites for hydroxylation is 1. The number of ether oxygens (including phenoxy) is 1. The van der Waals surface area contributed by atoms with Crippen molar-refractivity contribution in [3.8, 4) is 16.9 Å². The van der Waals surface area contributed by atoms with Crippen LogP contribution in [0.4, 0.5) is 5.95 Å². The number of nitrogens with two attached hydrogens (primary N) is 1. The number of pyridine rings is 1. The summed E-state index contributed by atoms with van der Waals surface area (Å²) in [4.78, 5) is 4.15. The van der Waals surface area contributed by atoms with Crippen molar-refractivity contribution >= 4 is 11.6 Å². The van der Waals surface area contributed by atoms with E-state index < -0.39 is 0 Å². The highest BCUT2D eigenvalue weighted by Gasteiger charge is 2.09. The first kappa shape index (κ1) is 11.5. The Kier molecular flexibility index (Phi) is 2.59. The van der Waals surface area contributed by atoms with E-state index in [0.717, 1.165) is 28.2 Å². The Balaban J connectivity index is 2.21. The summed E-state index contributed by atoms with van der Waals surface area (Å²) in [6.45, 7) is 2.00. The maximum atomic E-state index is 5.63. The van der Waals surface area contributed by atoms with Crippen molar-refractivity contribution in [2.75, 3.05) is 12.8 Å². The SMILES string of the molecule is COc1cccc(-c2ccc3nc(N)nn3c2C)c1. The molecule has 0 atom stereocenters. The van der Waals surface area contributed by atoms with Gasteiger partial charge in [0.15, 0.2) is 5.65 Å². The number of nitrogens with zero attached hydrogens (tertiary/aromatic N) is 3. The number of methoxy groups -OCH3 is 1. The quantitative estimate of drug-likeness (QED) is 0.762. The molecule has 3 aromatic rings. The molecule has 96 valence electrons. The van der Waals surface area contributed by atoms with Gasteiger partial charge in [-0.2, -0.15) is 4.98 Å². The van der Waals surface area contributed by atoms with Gasteiger partial charge in [0, 0.05) is 11.3 Å². The third kappa shape index (κ3) is 1.89. The smallest absolute Gasteiger partial charge is 0.240 e. The minimum absolute atomic E-state index is 0.283. The van der Waals surface area contributed by atoms with Gasteiger partial charge in [0.05, 0.1) is 7.11 Å². The lowest BCUT2D eigenvalue weighted by Crippen LogP contribution is -1.97. The Morgan fingerprint density at radius 1 is 1.21 bits per heavy atom. The van der Waals surface area contributed by atoms with Crippen molar-refractivity contribution in [1.82, 2.24) is 14.6 Å². The summed E-state index contributed by atoms with van der Waals surface area (Å²) >= 11 is 0. The average Bonchev–Trinajstić information content (AvgIpc) is 2.81. The Hall–Kier alpha value is -2.56. The molecule has 0 unspecified atom stereocenters. The lowest BCUT2D eigenvalue weighted by atomic mass is 10.0. The number of hydrogen-bond acceptors (Lipinski definition) is 4. The van der Waals surface area contributed by atoms with E-state index in [0.29, 0.717) is 0 Å². The van der Waals surface area contributed by atoms with Crippen LogP contribution in [0.5, 0.6) is 5.75 Å². The first-order valence-electron chi connectivity index (χ1n) is 5.95. The summed E-state index contributed by atoms with van der Waals surface area (Å²) in [6, 6.07) is 11.8. The molecule has 0 saturated carbocycles. The maximum Gasteiger partial charge on any atom is 0.240 e. The van der Waals surface area contributed by atoms with Crippen LogP contribution in [-0.4, -0.2) is 21.7 Å². The number of anilines is 1. The van der Waals surface area contributed by atoms with Crippen LogP contribution in [0.1, 0.15) is 5.69 Å². The van der Waals surface area contributed by atoms with E-state index in [2.05, 4.69) is 10.1 Å². The van der Waals surface area contributed by atoms with E-state index in [1.165, 1.54) is 0 Å². The summed E-state index contributed by atoms with van der Waals surface area (Å²) in [5, 5.41) is 4.19. The molecule has 5 heteroatoms. The fraction of sp³-hybridized carbons (Fsp3) is 0.143. The molecular weight excluding hydrogens is 240 g/mol. The van der Waals surface area contributed by atoms with Crippen molar-refractivity contribution in [3.05, 3.63) is 42.1 Å². The van der Waals surface area contributed by atoms with Gasteiger partial charge >= 0.3 is 0 Å². The van der Waals surface area contributed by atoms with Crippen LogP contribution >= 0.6 is 0 Å². The molecule has 0 bridgehead atoms. The number of aromatic nitrogens is 3. The summed E-state index contributed by atoms with van der Waals surface area (Å²) in [7, 11) is 1.66. The lowest BCUT2D eigenvalue weighted by Gasteiger charge is -2.08. The predicted molar refractivity (Wildman–Crippen MR) is 74.1 cm³/mol. The summed E-state index contributed by atoms with van der Waals surface area (Å²) in [5.74, 6) is 1.11. The van der Waals surface area contributed by atoms with Crippen LogP contribution in [0.25, 0.3) is 16.8 Å². The third-order valence-corrected chi connectivity index (χ3v) is 3.14. The number of nitrogen functional groups attached to an aromatic ring is 1. The molecule has 2 heterocycles. The van der Waals surface area contributed by atoms with Crippen LogP contribution in [-0.2, 0) is 0 Å². The molecule has 0 fully saturated rings. The molecule has 0 aliphatic heterocycles. The third-order valence-electron chi connectivity index (χ3n) is 3.14. The number of fused-ring (bicyclic) bond motifs is 1. The minimum Gasteiger partial charge on any atom is -0.497 e. The van der Waals surface area contributed by atoms with Gasteiger partial charge in [-0.05, 0) is 36.8 Å². The second-order valence-electron chi connectivity index (χ2n) is 4.30. The summed E-state index contributed by atoms with van der Waals surface area (Å²) in [6.07, 6.45) is 0. The molecule has 2 N–H and O–H groups in total. The second kappa shape index (κ2) is 4.28. The van der Waals surface area contributed by atoms with Crippen molar-refractivity contribution in [2.45, 2.75) is 6.92 Å². The standard InChI is InChI=1S/C14H14N4O/c1-9-12(10-4-3-5-11(8-10)19-2)6-7-13-16-14(15)17-18(9)13/h3-8H,1-2H3,(H2,15,17). The van der Waals surface area contributed by atoms with Gasteiger partial charge < -0.3 is 10.5 Å². The molecule has 0 amide bonds. The largest absolute Gasteiger partial charge is 0.497 e. The van der Waals surface area contributed by atoms with Crippen LogP contribution in [0.3, 0.4) is 0 Å². The van der Waals surface area contributed by atoms with Crippen LogP contribution in [0, 0.1) is 6.92 Å². The molecule has 0 saturated heterocycles. The minimum atomic E-state index is 0.283. The van der Waals surface area contributed by atoms with E-state index in [9.17, 15) is 0 Å². The monoisotopic (exact) mass is 254 g/mol. The van der Waals surface area contributed by atoms with Crippen molar-refractivity contribution < 1.29 is 4.74 Å².